The molecule has 7 nitrogen and oxygen atoms in total. The van der Waals surface area contributed by atoms with E-state index in [1.165, 1.54) is 29.6 Å². The molecular formula is C20H30ClN3O4S. The van der Waals surface area contributed by atoms with Gasteiger partial charge in [0.15, 0.2) is 6.10 Å². The molecule has 1 amide bonds. The molecule has 1 aromatic carbocycles. The monoisotopic (exact) mass is 443 g/mol. The Morgan fingerprint density at radius 2 is 2.14 bits per heavy atom. The second-order valence-electron chi connectivity index (χ2n) is 7.75. The highest BCUT2D eigenvalue weighted by atomic mass is 35.5. The van der Waals surface area contributed by atoms with E-state index >= 15 is 0 Å². The molecule has 0 radical (unpaired) electrons. The van der Waals surface area contributed by atoms with Gasteiger partial charge in [0, 0.05) is 24.2 Å². The molecule has 162 valence electrons. The Morgan fingerprint density at radius 1 is 1.34 bits per heavy atom. The van der Waals surface area contributed by atoms with Gasteiger partial charge in [0.05, 0.1) is 18.5 Å². The fourth-order valence-electron chi connectivity index (χ4n) is 4.10. The molecule has 1 saturated heterocycles. The van der Waals surface area contributed by atoms with Crippen molar-refractivity contribution in [2.45, 2.75) is 51.2 Å². The summed E-state index contributed by atoms with van der Waals surface area (Å²) in [6.45, 7) is 4.78. The minimum absolute atomic E-state index is 0.0674. The number of anilines is 1. The molecule has 2 aliphatic heterocycles. The molecule has 9 heteroatoms. The van der Waals surface area contributed by atoms with Gasteiger partial charge in [-0.3, -0.25) is 9.10 Å². The first-order chi connectivity index (χ1) is 13.8. The largest absolute Gasteiger partial charge is 0.476 e. The average Bonchev–Trinajstić information content (AvgIpc) is 2.69. The summed E-state index contributed by atoms with van der Waals surface area (Å²) in [5.41, 5.74) is 0.361. The number of carbonyl (C=O) groups is 1. The Morgan fingerprint density at radius 3 is 2.86 bits per heavy atom. The van der Waals surface area contributed by atoms with Crippen molar-refractivity contribution in [3.8, 4) is 5.75 Å². The first-order valence-electron chi connectivity index (χ1n) is 10.2. The maximum absolute atomic E-state index is 12.6. The third-order valence-electron chi connectivity index (χ3n) is 5.62. The summed E-state index contributed by atoms with van der Waals surface area (Å²) in [6, 6.07) is 5.39. The van der Waals surface area contributed by atoms with E-state index in [1.54, 1.807) is 12.1 Å². The predicted molar refractivity (Wildman–Crippen MR) is 115 cm³/mol. The Balaban J connectivity index is 1.56. The van der Waals surface area contributed by atoms with Crippen LogP contribution >= 0.6 is 11.6 Å². The predicted octanol–water partition coefficient (Wildman–Crippen LogP) is 2.64. The number of rotatable bonds is 7. The number of hydrogen-bond acceptors (Lipinski definition) is 5. The van der Waals surface area contributed by atoms with Crippen LogP contribution < -0.4 is 14.4 Å². The number of fused-ring (bicyclic) bond motifs is 1. The Hall–Kier alpha value is -1.51. The number of ether oxygens (including phenoxy) is 1. The van der Waals surface area contributed by atoms with Crippen LogP contribution in [0, 0.1) is 0 Å². The van der Waals surface area contributed by atoms with E-state index in [9.17, 15) is 13.2 Å². The molecule has 0 aromatic heterocycles. The minimum atomic E-state index is -3.56. The van der Waals surface area contributed by atoms with Crippen LogP contribution in [0.3, 0.4) is 0 Å². The van der Waals surface area contributed by atoms with Crippen molar-refractivity contribution >= 4 is 33.2 Å². The second-order valence-corrected chi connectivity index (χ2v) is 10.1. The molecule has 2 heterocycles. The van der Waals surface area contributed by atoms with E-state index in [-0.39, 0.29) is 12.5 Å². The van der Waals surface area contributed by atoms with Gasteiger partial charge >= 0.3 is 0 Å². The average molecular weight is 444 g/mol. The summed E-state index contributed by atoms with van der Waals surface area (Å²) >= 11 is 6.00. The molecule has 3 rings (SSSR count). The first-order valence-corrected chi connectivity index (χ1v) is 12.5. The van der Waals surface area contributed by atoms with E-state index in [0.717, 1.165) is 32.2 Å². The number of nitrogens with zero attached hydrogens (tertiary/aromatic N) is 2. The van der Waals surface area contributed by atoms with E-state index in [1.807, 2.05) is 0 Å². The van der Waals surface area contributed by atoms with Crippen LogP contribution in [0.15, 0.2) is 18.2 Å². The molecule has 0 spiro atoms. The van der Waals surface area contributed by atoms with Crippen LogP contribution in [-0.4, -0.2) is 63.8 Å². The molecule has 1 fully saturated rings. The summed E-state index contributed by atoms with van der Waals surface area (Å²) in [4.78, 5) is 15.1. The van der Waals surface area contributed by atoms with Gasteiger partial charge in [-0.1, -0.05) is 24.9 Å². The SMILES string of the molecule is CC[C@@H]1CCCCN1CCCNC(=O)[C@@H]1CN(S(C)(=O)=O)c2cc(Cl)ccc2O1. The maximum Gasteiger partial charge on any atom is 0.263 e. The van der Waals surface area contributed by atoms with Crippen molar-refractivity contribution in [1.82, 2.24) is 10.2 Å². The van der Waals surface area contributed by atoms with Crippen LogP contribution in [0.5, 0.6) is 5.75 Å². The third kappa shape index (κ3) is 5.55. The normalized spacial score (nSPS) is 22.7. The van der Waals surface area contributed by atoms with Gasteiger partial charge in [-0.05, 0) is 50.4 Å². The van der Waals surface area contributed by atoms with E-state index in [2.05, 4.69) is 17.1 Å². The highest BCUT2D eigenvalue weighted by Gasteiger charge is 2.35. The van der Waals surface area contributed by atoms with Crippen molar-refractivity contribution in [1.29, 1.82) is 0 Å². The van der Waals surface area contributed by atoms with Crippen molar-refractivity contribution in [2.75, 3.05) is 36.7 Å². The van der Waals surface area contributed by atoms with E-state index in [0.29, 0.717) is 29.0 Å². The zero-order chi connectivity index (χ0) is 21.0. The Labute approximate surface area is 178 Å². The molecule has 1 N–H and O–H groups in total. The topological polar surface area (TPSA) is 79.0 Å². The smallest absolute Gasteiger partial charge is 0.263 e. The molecular weight excluding hydrogens is 414 g/mol. The van der Waals surface area contributed by atoms with E-state index < -0.39 is 16.1 Å². The van der Waals surface area contributed by atoms with Crippen LogP contribution in [0.25, 0.3) is 0 Å². The van der Waals surface area contributed by atoms with Gasteiger partial charge in [0.1, 0.15) is 5.75 Å². The number of sulfonamides is 1. The van der Waals surface area contributed by atoms with Gasteiger partial charge in [-0.2, -0.15) is 0 Å². The second kappa shape index (κ2) is 9.53. The molecule has 2 aliphatic rings. The fraction of sp³-hybridized carbons (Fsp3) is 0.650. The summed E-state index contributed by atoms with van der Waals surface area (Å²) in [5, 5.41) is 3.31. The zero-order valence-corrected chi connectivity index (χ0v) is 18.6. The molecule has 0 bridgehead atoms. The number of piperidine rings is 1. The Bertz CT molecular complexity index is 833. The molecule has 2 atom stereocenters. The number of halogens is 1. The lowest BCUT2D eigenvalue weighted by Gasteiger charge is -2.35. The highest BCUT2D eigenvalue weighted by Crippen LogP contribution is 2.37. The lowest BCUT2D eigenvalue weighted by Crippen LogP contribution is -2.50. The van der Waals surface area contributed by atoms with Crippen molar-refractivity contribution in [2.24, 2.45) is 0 Å². The van der Waals surface area contributed by atoms with Gasteiger partial charge in [0.25, 0.3) is 5.91 Å². The number of amides is 1. The van der Waals surface area contributed by atoms with Crippen molar-refractivity contribution in [3.05, 3.63) is 23.2 Å². The van der Waals surface area contributed by atoms with Crippen LogP contribution in [0.4, 0.5) is 5.69 Å². The fourth-order valence-corrected chi connectivity index (χ4v) is 5.17. The highest BCUT2D eigenvalue weighted by molar-refractivity contribution is 7.92. The molecule has 29 heavy (non-hydrogen) atoms. The lowest BCUT2D eigenvalue weighted by molar-refractivity contribution is -0.127. The number of likely N-dealkylation sites (tertiary alicyclic amines) is 1. The van der Waals surface area contributed by atoms with Gasteiger partial charge in [0.2, 0.25) is 10.0 Å². The molecule has 0 aliphatic carbocycles. The van der Waals surface area contributed by atoms with Crippen molar-refractivity contribution in [3.63, 3.8) is 0 Å². The zero-order valence-electron chi connectivity index (χ0n) is 17.1. The standard InChI is InChI=1S/C20H30ClN3O4S/c1-3-16-7-4-5-11-23(16)12-6-10-22-20(25)19-14-24(29(2,26)27)17-13-15(21)8-9-18(17)28-19/h8-9,13,16,19H,3-7,10-12,14H2,1-2H3,(H,22,25)/t16-,19+/m1/s1. The van der Waals surface area contributed by atoms with Crippen LogP contribution in [0.2, 0.25) is 5.02 Å². The number of hydrogen-bond donors (Lipinski definition) is 1. The van der Waals surface area contributed by atoms with Crippen LogP contribution in [0.1, 0.15) is 39.0 Å². The number of benzene rings is 1. The molecule has 0 saturated carbocycles. The quantitative estimate of drug-likeness (QED) is 0.655. The first kappa shape index (κ1) is 22.2. The summed E-state index contributed by atoms with van der Waals surface area (Å²) < 4.78 is 31.4. The van der Waals surface area contributed by atoms with Gasteiger partial charge < -0.3 is 15.0 Å². The Kier molecular flexibility index (Phi) is 7.29. The molecule has 1 aromatic rings. The number of carbonyl (C=O) groups excluding carboxylic acids is 1. The summed E-state index contributed by atoms with van der Waals surface area (Å²) in [6.07, 6.45) is 6.03. The molecule has 0 unspecified atom stereocenters. The van der Waals surface area contributed by atoms with Crippen molar-refractivity contribution < 1.29 is 17.9 Å². The third-order valence-corrected chi connectivity index (χ3v) is 7.01. The minimum Gasteiger partial charge on any atom is -0.476 e. The van der Waals surface area contributed by atoms with Crippen LogP contribution in [-0.2, 0) is 14.8 Å². The van der Waals surface area contributed by atoms with Gasteiger partial charge in [-0.15, -0.1) is 0 Å². The maximum atomic E-state index is 12.6. The summed E-state index contributed by atoms with van der Waals surface area (Å²) in [5.74, 6) is 0.0373. The summed E-state index contributed by atoms with van der Waals surface area (Å²) in [7, 11) is -3.56. The van der Waals surface area contributed by atoms with Gasteiger partial charge in [-0.25, -0.2) is 8.42 Å². The van der Waals surface area contributed by atoms with E-state index in [4.69, 9.17) is 16.3 Å². The lowest BCUT2D eigenvalue weighted by atomic mass is 10.00. The number of nitrogens with one attached hydrogen (secondary N) is 1.